The number of ether oxygens (including phenoxy) is 2. The summed E-state index contributed by atoms with van der Waals surface area (Å²) in [7, 11) is 1.69. The molecule has 0 radical (unpaired) electrons. The molecule has 0 saturated heterocycles. The van der Waals surface area contributed by atoms with Gasteiger partial charge in [0.15, 0.2) is 16.6 Å². The zero-order valence-corrected chi connectivity index (χ0v) is 13.5. The summed E-state index contributed by atoms with van der Waals surface area (Å²) in [5.41, 5.74) is 0.108. The van der Waals surface area contributed by atoms with Gasteiger partial charge in [-0.15, -0.1) is 0 Å². The van der Waals surface area contributed by atoms with E-state index in [4.69, 9.17) is 9.47 Å². The molecular formula is C14H22N2O4S. The second kappa shape index (κ2) is 9.46. The van der Waals surface area contributed by atoms with E-state index >= 15 is 0 Å². The Bertz CT molecular complexity index is 474. The molecule has 118 valence electrons. The molecular weight excluding hydrogens is 292 g/mol. The van der Waals surface area contributed by atoms with Crippen LogP contribution >= 0.6 is 11.3 Å². The van der Waals surface area contributed by atoms with Crippen LogP contribution in [0, 0.1) is 0 Å². The molecule has 0 amide bonds. The van der Waals surface area contributed by atoms with Crippen LogP contribution in [0.25, 0.3) is 0 Å². The number of ketones is 1. The first kappa shape index (κ1) is 17.6. The number of esters is 1. The molecule has 0 saturated carbocycles. The van der Waals surface area contributed by atoms with E-state index in [2.05, 4.69) is 10.3 Å². The molecule has 0 aromatic carbocycles. The fraction of sp³-hybridized carbons (Fsp3) is 0.643. The Kier molecular flexibility index (Phi) is 7.92. The quantitative estimate of drug-likeness (QED) is 0.406. The molecule has 7 heteroatoms. The monoisotopic (exact) mass is 314 g/mol. The Morgan fingerprint density at radius 2 is 2.05 bits per heavy atom. The van der Waals surface area contributed by atoms with Gasteiger partial charge in [0.25, 0.3) is 0 Å². The van der Waals surface area contributed by atoms with Crippen LogP contribution in [-0.4, -0.2) is 43.6 Å². The van der Waals surface area contributed by atoms with Crippen molar-refractivity contribution in [2.75, 3.05) is 32.2 Å². The molecule has 6 nitrogen and oxygen atoms in total. The summed E-state index contributed by atoms with van der Waals surface area (Å²) in [4.78, 5) is 27.8. The standard InChI is InChI=1S/C14H22N2O4S/c1-4-20-13(18)11-12(10(2)17)21-14(16-11)15-8-6-5-7-9-19-3/h4-9H2,1-3H3,(H,15,16). The van der Waals surface area contributed by atoms with Gasteiger partial charge >= 0.3 is 5.97 Å². The number of unbranched alkanes of at least 4 members (excludes halogenated alkanes) is 2. The maximum Gasteiger partial charge on any atom is 0.358 e. The van der Waals surface area contributed by atoms with Crippen LogP contribution in [0.5, 0.6) is 0 Å². The summed E-state index contributed by atoms with van der Waals surface area (Å²) in [6.07, 6.45) is 3.05. The lowest BCUT2D eigenvalue weighted by Crippen LogP contribution is -2.09. The number of carbonyl (C=O) groups is 2. The summed E-state index contributed by atoms with van der Waals surface area (Å²) in [6, 6.07) is 0. The van der Waals surface area contributed by atoms with Crippen LogP contribution in [0.2, 0.25) is 0 Å². The predicted octanol–water partition coefficient (Wildman–Crippen LogP) is 2.75. The normalized spacial score (nSPS) is 10.4. The second-order valence-corrected chi connectivity index (χ2v) is 5.45. The van der Waals surface area contributed by atoms with Crippen LogP contribution in [0.1, 0.15) is 53.3 Å². The molecule has 1 heterocycles. The second-order valence-electron chi connectivity index (χ2n) is 4.45. The van der Waals surface area contributed by atoms with E-state index in [1.165, 1.54) is 18.3 Å². The third kappa shape index (κ3) is 5.81. The molecule has 0 atom stereocenters. The van der Waals surface area contributed by atoms with Crippen molar-refractivity contribution in [3.8, 4) is 0 Å². The molecule has 1 aromatic rings. The molecule has 0 fully saturated rings. The fourth-order valence-corrected chi connectivity index (χ4v) is 2.59. The van der Waals surface area contributed by atoms with Crippen LogP contribution in [0.15, 0.2) is 0 Å². The maximum atomic E-state index is 11.8. The van der Waals surface area contributed by atoms with Crippen LogP contribution in [-0.2, 0) is 9.47 Å². The molecule has 0 spiro atoms. The molecule has 0 unspecified atom stereocenters. The van der Waals surface area contributed by atoms with E-state index < -0.39 is 5.97 Å². The Hall–Kier alpha value is -1.47. The number of thiazole rings is 1. The van der Waals surface area contributed by atoms with E-state index in [1.54, 1.807) is 14.0 Å². The first-order valence-electron chi connectivity index (χ1n) is 7.01. The maximum absolute atomic E-state index is 11.8. The first-order chi connectivity index (χ1) is 10.1. The highest BCUT2D eigenvalue weighted by Gasteiger charge is 2.22. The average molecular weight is 314 g/mol. The van der Waals surface area contributed by atoms with Gasteiger partial charge < -0.3 is 14.8 Å². The Morgan fingerprint density at radius 3 is 2.67 bits per heavy atom. The lowest BCUT2D eigenvalue weighted by molar-refractivity contribution is 0.0517. The van der Waals surface area contributed by atoms with Gasteiger partial charge in [-0.1, -0.05) is 11.3 Å². The van der Waals surface area contributed by atoms with E-state index in [-0.39, 0.29) is 18.1 Å². The molecule has 1 rings (SSSR count). The van der Waals surface area contributed by atoms with Crippen molar-refractivity contribution in [1.82, 2.24) is 4.98 Å². The van der Waals surface area contributed by atoms with Gasteiger partial charge in [0.1, 0.15) is 4.88 Å². The minimum Gasteiger partial charge on any atom is -0.461 e. The number of anilines is 1. The topological polar surface area (TPSA) is 77.5 Å². The lowest BCUT2D eigenvalue weighted by Gasteiger charge is -2.02. The van der Waals surface area contributed by atoms with E-state index in [0.717, 1.165) is 32.4 Å². The van der Waals surface area contributed by atoms with Gasteiger partial charge in [-0.3, -0.25) is 4.79 Å². The van der Waals surface area contributed by atoms with Gasteiger partial charge in [0, 0.05) is 27.2 Å². The van der Waals surface area contributed by atoms with Gasteiger partial charge in [-0.05, 0) is 26.2 Å². The van der Waals surface area contributed by atoms with Crippen molar-refractivity contribution < 1.29 is 19.1 Å². The van der Waals surface area contributed by atoms with Crippen molar-refractivity contribution in [3.63, 3.8) is 0 Å². The zero-order valence-electron chi connectivity index (χ0n) is 12.7. The molecule has 1 N–H and O–H groups in total. The number of nitrogens with one attached hydrogen (secondary N) is 1. The van der Waals surface area contributed by atoms with Crippen molar-refractivity contribution in [3.05, 3.63) is 10.6 Å². The Labute approximate surface area is 128 Å². The smallest absolute Gasteiger partial charge is 0.358 e. The molecule has 21 heavy (non-hydrogen) atoms. The minimum atomic E-state index is -0.549. The van der Waals surface area contributed by atoms with Gasteiger partial charge in [0.2, 0.25) is 0 Å². The number of hydrogen-bond donors (Lipinski definition) is 1. The Morgan fingerprint density at radius 1 is 1.29 bits per heavy atom. The van der Waals surface area contributed by atoms with Crippen LogP contribution in [0.4, 0.5) is 5.13 Å². The first-order valence-corrected chi connectivity index (χ1v) is 7.83. The number of nitrogens with zero attached hydrogens (tertiary/aromatic N) is 1. The average Bonchev–Trinajstić information content (AvgIpc) is 2.87. The van der Waals surface area contributed by atoms with Gasteiger partial charge in [-0.2, -0.15) is 0 Å². The zero-order chi connectivity index (χ0) is 15.7. The summed E-state index contributed by atoms with van der Waals surface area (Å²) in [6.45, 7) is 4.91. The lowest BCUT2D eigenvalue weighted by atomic mass is 10.2. The van der Waals surface area contributed by atoms with Gasteiger partial charge in [-0.25, -0.2) is 9.78 Å². The SMILES string of the molecule is CCOC(=O)c1nc(NCCCCCOC)sc1C(C)=O. The summed E-state index contributed by atoms with van der Waals surface area (Å²) < 4.78 is 9.90. The number of rotatable bonds is 10. The third-order valence-electron chi connectivity index (χ3n) is 2.72. The molecule has 0 bridgehead atoms. The van der Waals surface area contributed by atoms with Crippen LogP contribution < -0.4 is 5.32 Å². The number of carbonyl (C=O) groups excluding carboxylic acids is 2. The molecule has 0 aliphatic rings. The predicted molar refractivity (Wildman–Crippen MR) is 82.3 cm³/mol. The number of methoxy groups -OCH3 is 1. The van der Waals surface area contributed by atoms with E-state index in [9.17, 15) is 9.59 Å². The highest BCUT2D eigenvalue weighted by Crippen LogP contribution is 2.24. The number of Topliss-reactive ketones (excluding diaryl/α,β-unsaturated/α-hetero) is 1. The summed E-state index contributed by atoms with van der Waals surface area (Å²) in [5, 5.41) is 3.72. The van der Waals surface area contributed by atoms with Crippen LogP contribution in [0.3, 0.4) is 0 Å². The summed E-state index contributed by atoms with van der Waals surface area (Å²) in [5.74, 6) is -0.726. The number of aromatic nitrogens is 1. The van der Waals surface area contributed by atoms with Crippen molar-refractivity contribution in [2.45, 2.75) is 33.1 Å². The highest BCUT2D eigenvalue weighted by atomic mass is 32.1. The third-order valence-corrected chi connectivity index (χ3v) is 3.83. The summed E-state index contributed by atoms with van der Waals surface area (Å²) >= 11 is 1.19. The van der Waals surface area contributed by atoms with Crippen molar-refractivity contribution >= 4 is 28.2 Å². The molecule has 0 aliphatic carbocycles. The van der Waals surface area contributed by atoms with Gasteiger partial charge in [0.05, 0.1) is 6.61 Å². The molecule has 1 aromatic heterocycles. The number of hydrogen-bond acceptors (Lipinski definition) is 7. The van der Waals surface area contributed by atoms with Crippen molar-refractivity contribution in [2.24, 2.45) is 0 Å². The minimum absolute atomic E-state index is 0.108. The highest BCUT2D eigenvalue weighted by molar-refractivity contribution is 7.17. The Balaban J connectivity index is 2.57. The fourth-order valence-electron chi connectivity index (χ4n) is 1.72. The van der Waals surface area contributed by atoms with E-state index in [1.807, 2.05) is 0 Å². The molecule has 0 aliphatic heterocycles. The van der Waals surface area contributed by atoms with E-state index in [0.29, 0.717) is 10.0 Å². The largest absolute Gasteiger partial charge is 0.461 e. The van der Waals surface area contributed by atoms with Crippen molar-refractivity contribution in [1.29, 1.82) is 0 Å².